The van der Waals surface area contributed by atoms with Crippen LogP contribution in [0.5, 0.6) is 0 Å². The van der Waals surface area contributed by atoms with Crippen LogP contribution >= 0.6 is 7.82 Å². The number of carboxylic acids is 1. The molecule has 0 radical (unpaired) electrons. The zero-order valence-electron chi connectivity index (χ0n) is 45.0. The van der Waals surface area contributed by atoms with E-state index in [-0.39, 0.29) is 57.6 Å². The molecule has 19 nitrogen and oxygen atoms in total. The highest BCUT2D eigenvalue weighted by Gasteiger charge is 2.49. The van der Waals surface area contributed by atoms with Gasteiger partial charge in [-0.15, -0.1) is 0 Å². The number of hydrogen-bond donors (Lipinski definition) is 6. The number of amides is 3. The van der Waals surface area contributed by atoms with Gasteiger partial charge in [-0.2, -0.15) is 0 Å². The molecule has 4 aromatic carbocycles. The Kier molecular flexibility index (Phi) is 24.7. The molecule has 0 saturated carbocycles. The highest BCUT2D eigenvalue weighted by Crippen LogP contribution is 2.39. The Morgan fingerprint density at radius 2 is 1.14 bits per heavy atom. The van der Waals surface area contributed by atoms with Crippen LogP contribution in [0.3, 0.4) is 0 Å². The first-order valence-electron chi connectivity index (χ1n) is 26.0. The molecule has 77 heavy (non-hydrogen) atoms. The predicted molar refractivity (Wildman–Crippen MR) is 288 cm³/mol. The van der Waals surface area contributed by atoms with Gasteiger partial charge in [0.2, 0.25) is 17.7 Å². The molecule has 3 amide bonds. The van der Waals surface area contributed by atoms with E-state index in [1.54, 1.807) is 58.9 Å². The summed E-state index contributed by atoms with van der Waals surface area (Å²) in [6.45, 7) is 12.2. The van der Waals surface area contributed by atoms with Gasteiger partial charge in [-0.1, -0.05) is 149 Å². The summed E-state index contributed by atoms with van der Waals surface area (Å²) in [5.74, 6) is -3.24. The van der Waals surface area contributed by atoms with Gasteiger partial charge >= 0.3 is 19.9 Å². The number of carbonyl (C=O) groups is 4. The van der Waals surface area contributed by atoms with Gasteiger partial charge in [-0.25, -0.2) is 14.4 Å². The fourth-order valence-corrected chi connectivity index (χ4v) is 8.79. The topological polar surface area (TPSA) is 259 Å². The van der Waals surface area contributed by atoms with Crippen molar-refractivity contribution in [2.75, 3.05) is 13.2 Å². The van der Waals surface area contributed by atoms with Gasteiger partial charge in [0.05, 0.1) is 39.0 Å². The summed E-state index contributed by atoms with van der Waals surface area (Å²) in [5.41, 5.74) is 2.44. The van der Waals surface area contributed by atoms with Crippen molar-refractivity contribution in [3.05, 3.63) is 144 Å². The summed E-state index contributed by atoms with van der Waals surface area (Å²) in [6, 6.07) is 33.8. The van der Waals surface area contributed by atoms with E-state index < -0.39 is 105 Å². The van der Waals surface area contributed by atoms with E-state index in [9.17, 15) is 38.6 Å². The number of carbonyl (C=O) groups excluding carboxylic acids is 3. The van der Waals surface area contributed by atoms with E-state index in [4.69, 9.17) is 37.9 Å². The summed E-state index contributed by atoms with van der Waals surface area (Å²) in [5, 5.41) is 18.5. The van der Waals surface area contributed by atoms with Crippen molar-refractivity contribution in [3.8, 4) is 0 Å². The Hall–Kier alpha value is -6.02. The number of nitrogens with zero attached hydrogens (tertiary/aromatic N) is 1. The zero-order valence-corrected chi connectivity index (χ0v) is 45.9. The second-order valence-electron chi connectivity index (χ2n) is 20.6. The molecule has 8 atom stereocenters. The number of hydrogen-bond acceptors (Lipinski definition) is 13. The molecule has 6 N–H and O–H groups in total. The van der Waals surface area contributed by atoms with E-state index in [0.29, 0.717) is 12.0 Å². The summed E-state index contributed by atoms with van der Waals surface area (Å²) < 4.78 is 55.6. The first kappa shape index (κ1) is 61.8. The summed E-state index contributed by atoms with van der Waals surface area (Å²) >= 11 is 0. The highest BCUT2D eigenvalue weighted by molar-refractivity contribution is 7.46. The molecule has 1 aliphatic rings. The van der Waals surface area contributed by atoms with Crippen LogP contribution in [0.4, 0.5) is 4.79 Å². The van der Waals surface area contributed by atoms with Crippen LogP contribution in [0.15, 0.2) is 126 Å². The molecule has 1 fully saturated rings. The van der Waals surface area contributed by atoms with Crippen molar-refractivity contribution in [1.29, 1.82) is 0 Å². The number of carboxylic acid groups (broad SMARTS) is 1. The molecular formula is C57H77N4O15P. The number of benzene rings is 4. The van der Waals surface area contributed by atoms with Crippen molar-refractivity contribution in [2.45, 2.75) is 155 Å². The first-order valence-corrected chi connectivity index (χ1v) is 27.5. The molecule has 0 aromatic heterocycles. The predicted octanol–water partition coefficient (Wildman–Crippen LogP) is 8.05. The Balaban J connectivity index is 1.42. The van der Waals surface area contributed by atoms with Gasteiger partial charge < -0.3 is 59.3 Å². The zero-order chi connectivity index (χ0) is 56.0. The standard InChI is InChI=1S/C57H77N4O15P/c1-38(2)31-44(60-56(66)76-57(5,6)7)53(64)59-45(32-48(62)63)55(73-36-43-27-18-11-19-28-43)61-49(39(3)4)54(65)58-30-20-29-46-50(70-33-40-21-12-8-13-22-40)52(72-35-42-25-16-10-17-26-42)51(47(75-46)37-74-77(67,68)69)71-34-41-23-14-9-15-24-41/h8-19,21-28,38-39,44-47,49-52H,20,29-37H2,1-7H3,(H,58,65)(H,59,64)(H,60,66)(H,62,63)(H2,67,68,69). The lowest BCUT2D eigenvalue weighted by atomic mass is 9.91. The number of rotatable bonds is 29. The smallest absolute Gasteiger partial charge is 0.469 e. The van der Waals surface area contributed by atoms with E-state index in [1.165, 1.54) is 0 Å². The minimum atomic E-state index is -4.98. The van der Waals surface area contributed by atoms with Crippen molar-refractivity contribution in [2.24, 2.45) is 16.8 Å². The number of aliphatic imine (C=N–C) groups is 1. The number of nitrogens with one attached hydrogen (secondary N) is 3. The maximum atomic E-state index is 14.3. The third kappa shape index (κ3) is 22.5. The molecule has 8 unspecified atom stereocenters. The van der Waals surface area contributed by atoms with Crippen LogP contribution in [0.25, 0.3) is 0 Å². The lowest BCUT2D eigenvalue weighted by molar-refractivity contribution is -0.270. The molecule has 0 spiro atoms. The minimum Gasteiger partial charge on any atom is -0.481 e. The number of phosphoric acid groups is 1. The van der Waals surface area contributed by atoms with Crippen molar-refractivity contribution < 1.29 is 71.6 Å². The van der Waals surface area contributed by atoms with Gasteiger partial charge in [0.25, 0.3) is 0 Å². The average molecular weight is 1090 g/mol. The first-order chi connectivity index (χ1) is 36.6. The van der Waals surface area contributed by atoms with E-state index in [2.05, 4.69) is 16.0 Å². The SMILES string of the molecule is CC(C)CC(NC(=O)OC(C)(C)C)C(=O)NC(CC(=O)O)C(=NC(C(=O)NCCCC1OC(COP(=O)(O)O)C(OCc2ccccc2)C(OCc2ccccc2)C1OCc1ccccc1)C(C)C)OCc1ccccc1. The van der Waals surface area contributed by atoms with Gasteiger partial charge in [-0.05, 0) is 74.1 Å². The lowest BCUT2D eigenvalue weighted by Crippen LogP contribution is -2.61. The molecular weight excluding hydrogens is 1010 g/mol. The molecule has 0 aliphatic carbocycles. The normalized spacial score (nSPS) is 19.2. The van der Waals surface area contributed by atoms with Crippen LogP contribution in [0.2, 0.25) is 0 Å². The van der Waals surface area contributed by atoms with E-state index in [1.807, 2.05) is 111 Å². The van der Waals surface area contributed by atoms with Crippen molar-refractivity contribution in [1.82, 2.24) is 16.0 Å². The minimum absolute atomic E-state index is 0.0685. The largest absolute Gasteiger partial charge is 0.481 e. The Bertz CT molecular complexity index is 2490. The van der Waals surface area contributed by atoms with Gasteiger partial charge in [-0.3, -0.25) is 18.9 Å². The van der Waals surface area contributed by atoms with E-state index >= 15 is 0 Å². The van der Waals surface area contributed by atoms with Gasteiger partial charge in [0.1, 0.15) is 54.7 Å². The van der Waals surface area contributed by atoms with E-state index in [0.717, 1.165) is 16.7 Å². The van der Waals surface area contributed by atoms with Crippen LogP contribution in [0, 0.1) is 11.8 Å². The molecule has 1 heterocycles. The molecule has 1 saturated heterocycles. The van der Waals surface area contributed by atoms with Crippen molar-refractivity contribution >= 4 is 37.6 Å². The monoisotopic (exact) mass is 1090 g/mol. The van der Waals surface area contributed by atoms with Gasteiger partial charge in [0, 0.05) is 6.54 Å². The number of ether oxygens (including phenoxy) is 6. The maximum absolute atomic E-state index is 14.3. The summed E-state index contributed by atoms with van der Waals surface area (Å²) in [4.78, 5) is 78.2. The summed E-state index contributed by atoms with van der Waals surface area (Å²) in [6.07, 6.45) is -5.18. The fourth-order valence-electron chi connectivity index (χ4n) is 8.45. The maximum Gasteiger partial charge on any atom is 0.469 e. The average Bonchev–Trinajstić information content (AvgIpc) is 3.37. The molecule has 420 valence electrons. The number of alkyl carbamates (subject to hydrolysis) is 1. The number of aliphatic carboxylic acids is 1. The van der Waals surface area contributed by atoms with Gasteiger partial charge in [0.15, 0.2) is 0 Å². The van der Waals surface area contributed by atoms with Crippen LogP contribution < -0.4 is 16.0 Å². The molecule has 0 bridgehead atoms. The van der Waals surface area contributed by atoms with Crippen LogP contribution in [-0.4, -0.2) is 112 Å². The summed E-state index contributed by atoms with van der Waals surface area (Å²) in [7, 11) is -4.98. The lowest BCUT2D eigenvalue weighted by Gasteiger charge is -2.46. The Morgan fingerprint density at radius 1 is 0.662 bits per heavy atom. The highest BCUT2D eigenvalue weighted by atomic mass is 31.2. The second-order valence-corrected chi connectivity index (χ2v) is 21.9. The molecule has 1 aliphatic heterocycles. The number of phosphoric ester groups is 1. The second kappa shape index (κ2) is 30.8. The van der Waals surface area contributed by atoms with Crippen molar-refractivity contribution in [3.63, 3.8) is 0 Å². The molecule has 20 heteroatoms. The third-order valence-electron chi connectivity index (χ3n) is 12.1. The quantitative estimate of drug-likeness (QED) is 0.0130. The van der Waals surface area contributed by atoms with Crippen LogP contribution in [-0.2, 0) is 78.3 Å². The Labute approximate surface area is 452 Å². The fraction of sp³-hybridized carbons (Fsp3) is 0.491. The Morgan fingerprint density at radius 3 is 1.60 bits per heavy atom. The van der Waals surface area contributed by atoms with Crippen LogP contribution in [0.1, 0.15) is 96.4 Å². The molecule has 4 aromatic rings. The third-order valence-corrected chi connectivity index (χ3v) is 12.5. The molecule has 5 rings (SSSR count).